The summed E-state index contributed by atoms with van der Waals surface area (Å²) in [5.74, 6) is 0.284. The molecule has 1 aromatic heterocycles. The molecule has 1 aromatic rings. The molecule has 0 aliphatic carbocycles. The number of aryl methyl sites for hydroxylation is 1. The molecule has 0 aliphatic rings. The van der Waals surface area contributed by atoms with E-state index in [9.17, 15) is 4.79 Å². The second kappa shape index (κ2) is 3.71. The number of primary amides is 1. The molecule has 0 unspecified atom stereocenters. The number of anilines is 1. The topological polar surface area (TPSA) is 68.0 Å². The lowest BCUT2D eigenvalue weighted by Crippen LogP contribution is -2.22. The van der Waals surface area contributed by atoms with E-state index in [1.54, 1.807) is 6.07 Å². The molecule has 12 heavy (non-hydrogen) atoms. The average molecular weight is 165 g/mol. The zero-order valence-electron chi connectivity index (χ0n) is 6.87. The number of hydrogen-bond acceptors (Lipinski definition) is 3. The fourth-order valence-electron chi connectivity index (χ4n) is 0.819. The highest BCUT2D eigenvalue weighted by Crippen LogP contribution is 2.02. The molecular weight excluding hydrogens is 154 g/mol. The van der Waals surface area contributed by atoms with Crippen LogP contribution in [0.15, 0.2) is 18.2 Å². The highest BCUT2D eigenvalue weighted by atomic mass is 16.1. The number of nitrogens with one attached hydrogen (secondary N) is 1. The third-order valence-corrected chi connectivity index (χ3v) is 1.33. The van der Waals surface area contributed by atoms with Crippen molar-refractivity contribution in [1.82, 2.24) is 4.98 Å². The lowest BCUT2D eigenvalue weighted by atomic mass is 10.4. The van der Waals surface area contributed by atoms with Crippen molar-refractivity contribution in [2.45, 2.75) is 6.92 Å². The summed E-state index contributed by atoms with van der Waals surface area (Å²) in [6.07, 6.45) is 0. The monoisotopic (exact) mass is 165 g/mol. The zero-order valence-corrected chi connectivity index (χ0v) is 6.87. The molecule has 0 aliphatic heterocycles. The van der Waals surface area contributed by atoms with Crippen molar-refractivity contribution in [2.24, 2.45) is 5.73 Å². The van der Waals surface area contributed by atoms with E-state index in [1.165, 1.54) is 0 Å². The molecule has 0 saturated carbocycles. The van der Waals surface area contributed by atoms with Crippen LogP contribution in [0.4, 0.5) is 5.82 Å². The number of aromatic nitrogens is 1. The molecule has 3 N–H and O–H groups in total. The molecule has 4 nitrogen and oxygen atoms in total. The molecule has 1 rings (SSSR count). The minimum atomic E-state index is -0.390. The van der Waals surface area contributed by atoms with Gasteiger partial charge in [-0.05, 0) is 19.1 Å². The van der Waals surface area contributed by atoms with Crippen molar-refractivity contribution in [2.75, 3.05) is 11.9 Å². The second-order valence-electron chi connectivity index (χ2n) is 2.48. The van der Waals surface area contributed by atoms with E-state index in [1.807, 2.05) is 19.1 Å². The Bertz CT molecular complexity index is 285. The maximum absolute atomic E-state index is 10.4. The number of pyridine rings is 1. The maximum atomic E-state index is 10.4. The highest BCUT2D eigenvalue weighted by molar-refractivity contribution is 5.78. The van der Waals surface area contributed by atoms with E-state index in [-0.39, 0.29) is 6.54 Å². The molecule has 0 fully saturated rings. The van der Waals surface area contributed by atoms with Crippen LogP contribution in [-0.2, 0) is 4.79 Å². The molecular formula is C8H11N3O. The van der Waals surface area contributed by atoms with Crippen LogP contribution in [0.2, 0.25) is 0 Å². The van der Waals surface area contributed by atoms with Crippen LogP contribution in [-0.4, -0.2) is 17.4 Å². The van der Waals surface area contributed by atoms with Gasteiger partial charge in [-0.25, -0.2) is 4.98 Å². The Morgan fingerprint density at radius 1 is 1.67 bits per heavy atom. The van der Waals surface area contributed by atoms with Gasteiger partial charge >= 0.3 is 0 Å². The zero-order chi connectivity index (χ0) is 8.97. The molecule has 0 radical (unpaired) electrons. The third-order valence-electron chi connectivity index (χ3n) is 1.33. The number of nitrogens with two attached hydrogens (primary N) is 1. The predicted octanol–water partition coefficient (Wildman–Crippen LogP) is 0.287. The quantitative estimate of drug-likeness (QED) is 0.676. The van der Waals surface area contributed by atoms with Gasteiger partial charge in [0.2, 0.25) is 5.91 Å². The molecule has 64 valence electrons. The Morgan fingerprint density at radius 3 is 3.00 bits per heavy atom. The minimum Gasteiger partial charge on any atom is -0.368 e. The van der Waals surface area contributed by atoms with Crippen molar-refractivity contribution in [3.8, 4) is 0 Å². The van der Waals surface area contributed by atoms with Gasteiger partial charge in [-0.2, -0.15) is 0 Å². The first-order valence-corrected chi connectivity index (χ1v) is 3.64. The first-order chi connectivity index (χ1) is 5.68. The summed E-state index contributed by atoms with van der Waals surface area (Å²) in [5, 5.41) is 2.80. The number of amides is 1. The fourth-order valence-corrected chi connectivity index (χ4v) is 0.819. The van der Waals surface area contributed by atoms with E-state index >= 15 is 0 Å². The molecule has 0 bridgehead atoms. The number of rotatable bonds is 3. The summed E-state index contributed by atoms with van der Waals surface area (Å²) < 4.78 is 0. The van der Waals surface area contributed by atoms with Gasteiger partial charge in [-0.3, -0.25) is 4.79 Å². The Labute approximate surface area is 70.8 Å². The summed E-state index contributed by atoms with van der Waals surface area (Å²) >= 11 is 0. The summed E-state index contributed by atoms with van der Waals surface area (Å²) in [4.78, 5) is 14.5. The summed E-state index contributed by atoms with van der Waals surface area (Å²) in [5.41, 5.74) is 5.86. The highest BCUT2D eigenvalue weighted by Gasteiger charge is 1.95. The lowest BCUT2D eigenvalue weighted by Gasteiger charge is -2.02. The van der Waals surface area contributed by atoms with Gasteiger partial charge in [0, 0.05) is 5.69 Å². The van der Waals surface area contributed by atoms with Crippen LogP contribution in [0, 0.1) is 6.92 Å². The average Bonchev–Trinajstić information content (AvgIpc) is 2.01. The van der Waals surface area contributed by atoms with E-state index in [0.717, 1.165) is 5.69 Å². The number of carbonyl (C=O) groups excluding carboxylic acids is 1. The van der Waals surface area contributed by atoms with E-state index in [2.05, 4.69) is 10.3 Å². The van der Waals surface area contributed by atoms with Crippen LogP contribution in [0.5, 0.6) is 0 Å². The Hall–Kier alpha value is -1.58. The summed E-state index contributed by atoms with van der Waals surface area (Å²) in [6, 6.07) is 5.54. The van der Waals surface area contributed by atoms with Gasteiger partial charge in [0.15, 0.2) is 0 Å². The van der Waals surface area contributed by atoms with Crippen molar-refractivity contribution >= 4 is 11.7 Å². The van der Waals surface area contributed by atoms with Gasteiger partial charge in [-0.1, -0.05) is 6.07 Å². The molecule has 0 saturated heterocycles. The SMILES string of the molecule is Cc1cccc(NCC(N)=O)n1. The summed E-state index contributed by atoms with van der Waals surface area (Å²) in [6.45, 7) is 2.01. The van der Waals surface area contributed by atoms with Gasteiger partial charge in [0.05, 0.1) is 6.54 Å². The van der Waals surface area contributed by atoms with E-state index in [4.69, 9.17) is 5.73 Å². The lowest BCUT2D eigenvalue weighted by molar-refractivity contribution is -0.116. The van der Waals surface area contributed by atoms with Crippen molar-refractivity contribution in [3.63, 3.8) is 0 Å². The van der Waals surface area contributed by atoms with Crippen LogP contribution in [0.3, 0.4) is 0 Å². The smallest absolute Gasteiger partial charge is 0.236 e. The molecule has 1 heterocycles. The number of carbonyl (C=O) groups is 1. The molecule has 0 aromatic carbocycles. The Balaban J connectivity index is 2.57. The normalized spacial score (nSPS) is 9.42. The third kappa shape index (κ3) is 2.57. The van der Waals surface area contributed by atoms with Crippen LogP contribution < -0.4 is 11.1 Å². The molecule has 0 atom stereocenters. The Kier molecular flexibility index (Phi) is 2.63. The number of hydrogen-bond donors (Lipinski definition) is 2. The van der Waals surface area contributed by atoms with Gasteiger partial charge in [0.25, 0.3) is 0 Å². The van der Waals surface area contributed by atoms with Gasteiger partial charge < -0.3 is 11.1 Å². The van der Waals surface area contributed by atoms with Gasteiger partial charge in [-0.15, -0.1) is 0 Å². The first-order valence-electron chi connectivity index (χ1n) is 3.64. The minimum absolute atomic E-state index is 0.121. The first kappa shape index (κ1) is 8.52. The predicted molar refractivity (Wildman–Crippen MR) is 46.7 cm³/mol. The van der Waals surface area contributed by atoms with Crippen LogP contribution >= 0.6 is 0 Å². The molecule has 4 heteroatoms. The Morgan fingerprint density at radius 2 is 2.42 bits per heavy atom. The van der Waals surface area contributed by atoms with Crippen LogP contribution in [0.25, 0.3) is 0 Å². The largest absolute Gasteiger partial charge is 0.368 e. The van der Waals surface area contributed by atoms with Crippen molar-refractivity contribution in [1.29, 1.82) is 0 Å². The fraction of sp³-hybridized carbons (Fsp3) is 0.250. The van der Waals surface area contributed by atoms with E-state index < -0.39 is 5.91 Å². The second-order valence-corrected chi connectivity index (χ2v) is 2.48. The standard InChI is InChI=1S/C8H11N3O/c1-6-3-2-4-8(11-6)10-5-7(9)12/h2-4H,5H2,1H3,(H2,9,12)(H,10,11). The molecule has 1 amide bonds. The number of nitrogens with zero attached hydrogens (tertiary/aromatic N) is 1. The van der Waals surface area contributed by atoms with Crippen molar-refractivity contribution < 1.29 is 4.79 Å². The van der Waals surface area contributed by atoms with Gasteiger partial charge in [0.1, 0.15) is 5.82 Å². The van der Waals surface area contributed by atoms with E-state index in [0.29, 0.717) is 5.82 Å². The summed E-state index contributed by atoms with van der Waals surface area (Å²) in [7, 11) is 0. The van der Waals surface area contributed by atoms with Crippen LogP contribution in [0.1, 0.15) is 5.69 Å². The maximum Gasteiger partial charge on any atom is 0.236 e. The van der Waals surface area contributed by atoms with Crippen molar-refractivity contribution in [3.05, 3.63) is 23.9 Å². The molecule has 0 spiro atoms.